The molecule has 6 rings (SSSR count). The van der Waals surface area contributed by atoms with Crippen molar-refractivity contribution in [3.05, 3.63) is 48.2 Å². The van der Waals surface area contributed by atoms with Crippen molar-refractivity contribution in [3.63, 3.8) is 0 Å². The van der Waals surface area contributed by atoms with E-state index in [4.69, 9.17) is 10.5 Å². The zero-order valence-electron chi connectivity index (χ0n) is 25.0. The Kier molecular flexibility index (Phi) is 7.65. The monoisotopic (exact) mass is 584 g/mol. The Hall–Kier alpha value is -4.30. The molecule has 2 aliphatic heterocycles. The van der Waals surface area contributed by atoms with Crippen LogP contribution in [0.25, 0.3) is 0 Å². The Morgan fingerprint density at radius 1 is 1.09 bits per heavy atom. The van der Waals surface area contributed by atoms with Gasteiger partial charge in [0.25, 0.3) is 0 Å². The Labute approximate surface area is 252 Å². The number of carbonyl (C=O) groups is 2. The number of allylic oxidation sites excluding steroid dienone is 1. The maximum absolute atomic E-state index is 12.9. The van der Waals surface area contributed by atoms with Gasteiger partial charge >= 0.3 is 6.09 Å². The van der Waals surface area contributed by atoms with Crippen LogP contribution in [0.15, 0.2) is 42.6 Å². The molecule has 4 aliphatic rings. The summed E-state index contributed by atoms with van der Waals surface area (Å²) < 4.78 is 5.56. The fraction of sp³-hybridized carbons (Fsp3) is 0.500. The molecule has 5 atom stereocenters. The van der Waals surface area contributed by atoms with Crippen LogP contribution in [0.5, 0.6) is 0 Å². The van der Waals surface area contributed by atoms with Crippen LogP contribution in [0.4, 0.5) is 33.4 Å². The van der Waals surface area contributed by atoms with Gasteiger partial charge < -0.3 is 26.0 Å². The van der Waals surface area contributed by atoms with E-state index in [1.54, 1.807) is 6.07 Å². The molecule has 226 valence electrons. The van der Waals surface area contributed by atoms with Gasteiger partial charge in [0.05, 0.1) is 28.5 Å². The third-order valence-electron chi connectivity index (χ3n) is 8.99. The normalized spacial score (nSPS) is 26.1. The summed E-state index contributed by atoms with van der Waals surface area (Å²) in [5.41, 5.74) is 8.28. The fourth-order valence-electron chi connectivity index (χ4n) is 7.04. The summed E-state index contributed by atoms with van der Waals surface area (Å²) in [4.78, 5) is 34.5. The molecule has 0 radical (unpaired) electrons. The SMILES string of the molecule is CC(C)(C)OC(=O)Nc1cc(N2CCN3CCCC3C2)ccc1Nc1cc(N[C@H]2[C@@H](C(N)=O)[C@@H]3C=C[C@H]2C3)c(C#N)cn1. The van der Waals surface area contributed by atoms with Gasteiger partial charge in [-0.1, -0.05) is 12.2 Å². The predicted octanol–water partition coefficient (Wildman–Crippen LogP) is 4.42. The number of rotatable bonds is 7. The number of piperazine rings is 1. The lowest BCUT2D eigenvalue weighted by molar-refractivity contribution is -0.122. The predicted molar refractivity (Wildman–Crippen MR) is 166 cm³/mol. The van der Waals surface area contributed by atoms with E-state index in [1.165, 1.54) is 25.6 Å². The first-order valence-electron chi connectivity index (χ1n) is 15.1. The second-order valence-electron chi connectivity index (χ2n) is 13.0. The molecule has 43 heavy (non-hydrogen) atoms. The van der Waals surface area contributed by atoms with Crippen molar-refractivity contribution in [2.24, 2.45) is 23.5 Å². The van der Waals surface area contributed by atoms with E-state index in [0.717, 1.165) is 31.7 Å². The summed E-state index contributed by atoms with van der Waals surface area (Å²) in [5, 5.41) is 19.5. The molecule has 11 heteroatoms. The van der Waals surface area contributed by atoms with Crippen LogP contribution >= 0.6 is 0 Å². The lowest BCUT2D eigenvalue weighted by atomic mass is 9.88. The second-order valence-corrected chi connectivity index (χ2v) is 13.0. The van der Waals surface area contributed by atoms with Crippen molar-refractivity contribution in [3.8, 4) is 6.07 Å². The highest BCUT2D eigenvalue weighted by Crippen LogP contribution is 2.45. The van der Waals surface area contributed by atoms with Gasteiger partial charge in [-0.05, 0) is 76.6 Å². The van der Waals surface area contributed by atoms with Crippen molar-refractivity contribution in [2.75, 3.05) is 47.0 Å². The van der Waals surface area contributed by atoms with Crippen LogP contribution in [0, 0.1) is 29.1 Å². The van der Waals surface area contributed by atoms with E-state index < -0.39 is 11.7 Å². The van der Waals surface area contributed by atoms with Crippen molar-refractivity contribution in [1.82, 2.24) is 9.88 Å². The largest absolute Gasteiger partial charge is 0.444 e. The van der Waals surface area contributed by atoms with Crippen molar-refractivity contribution in [1.29, 1.82) is 5.26 Å². The van der Waals surface area contributed by atoms with Gasteiger partial charge in [0.1, 0.15) is 17.5 Å². The molecule has 1 aromatic heterocycles. The number of hydrogen-bond donors (Lipinski definition) is 4. The molecule has 3 heterocycles. The van der Waals surface area contributed by atoms with E-state index in [0.29, 0.717) is 34.5 Å². The molecule has 5 N–H and O–H groups in total. The zero-order chi connectivity index (χ0) is 30.3. The Morgan fingerprint density at radius 3 is 2.67 bits per heavy atom. The number of ether oxygens (including phenoxy) is 1. The fourth-order valence-corrected chi connectivity index (χ4v) is 7.04. The number of nitriles is 1. The van der Waals surface area contributed by atoms with E-state index >= 15 is 0 Å². The quantitative estimate of drug-likeness (QED) is 0.347. The molecule has 1 aromatic carbocycles. The Balaban J connectivity index is 1.26. The number of hydrogen-bond acceptors (Lipinski definition) is 9. The van der Waals surface area contributed by atoms with Crippen LogP contribution in [0.2, 0.25) is 0 Å². The Morgan fingerprint density at radius 2 is 1.91 bits per heavy atom. The molecule has 1 unspecified atom stereocenters. The lowest BCUT2D eigenvalue weighted by Gasteiger charge is -2.39. The molecule has 2 saturated heterocycles. The highest BCUT2D eigenvalue weighted by Gasteiger charge is 2.47. The van der Waals surface area contributed by atoms with E-state index in [-0.39, 0.29) is 29.7 Å². The van der Waals surface area contributed by atoms with E-state index in [1.807, 2.05) is 32.9 Å². The average molecular weight is 585 g/mol. The summed E-state index contributed by atoms with van der Waals surface area (Å²) in [6, 6.07) is 10.3. The maximum atomic E-state index is 12.9. The van der Waals surface area contributed by atoms with E-state index in [2.05, 4.69) is 55.0 Å². The average Bonchev–Trinajstić information content (AvgIpc) is 3.69. The first-order chi connectivity index (χ1) is 20.6. The number of carbonyl (C=O) groups excluding carboxylic acids is 2. The summed E-state index contributed by atoms with van der Waals surface area (Å²) in [6.45, 7) is 9.55. The second kappa shape index (κ2) is 11.4. The van der Waals surface area contributed by atoms with Crippen LogP contribution in [-0.2, 0) is 9.53 Å². The van der Waals surface area contributed by atoms with Gasteiger partial charge in [0, 0.05) is 49.7 Å². The zero-order valence-corrected chi connectivity index (χ0v) is 25.0. The maximum Gasteiger partial charge on any atom is 0.412 e. The highest BCUT2D eigenvalue weighted by atomic mass is 16.6. The number of nitrogens with one attached hydrogen (secondary N) is 3. The first kappa shape index (κ1) is 28.8. The number of benzene rings is 1. The summed E-state index contributed by atoms with van der Waals surface area (Å²) in [5.74, 6) is 0.0841. The van der Waals surface area contributed by atoms with Gasteiger partial charge in [-0.15, -0.1) is 0 Å². The molecule has 2 aromatic rings. The standard InChI is InChI=1S/C32H40N8O3/c1-32(2,3)43-31(42)38-26-14-22(40-12-11-39-10-4-5-23(39)18-40)8-9-24(26)36-27-15-25(21(16-33)17-35-27)37-29-20-7-6-19(13-20)28(29)30(34)41/h6-9,14-15,17,19-20,23,28-29H,4-5,10-13,18H2,1-3H3,(H2,34,41)(H,38,42)(H2,35,36,37)/t19-,20+,23?,28+,29-/m1/s1. The summed E-state index contributed by atoms with van der Waals surface area (Å²) in [6.07, 6.45) is 8.46. The van der Waals surface area contributed by atoms with Crippen molar-refractivity contribution in [2.45, 2.75) is 57.7 Å². The number of anilines is 5. The number of pyridine rings is 1. The minimum atomic E-state index is -0.652. The molecule has 2 amide bonds. The third-order valence-corrected chi connectivity index (χ3v) is 8.99. The number of nitrogens with two attached hydrogens (primary N) is 1. The number of aromatic nitrogens is 1. The van der Waals surface area contributed by atoms with E-state index in [9.17, 15) is 14.9 Å². The van der Waals surface area contributed by atoms with Crippen LogP contribution in [0.1, 0.15) is 45.6 Å². The molecule has 3 fully saturated rings. The molecular weight excluding hydrogens is 544 g/mol. The van der Waals surface area contributed by atoms with Gasteiger partial charge in [-0.25, -0.2) is 9.78 Å². The smallest absolute Gasteiger partial charge is 0.412 e. The summed E-state index contributed by atoms with van der Waals surface area (Å²) in [7, 11) is 0. The highest BCUT2D eigenvalue weighted by molar-refractivity contribution is 5.92. The Bertz CT molecular complexity index is 1480. The topological polar surface area (TPSA) is 149 Å². The van der Waals surface area contributed by atoms with Gasteiger partial charge in [0.2, 0.25) is 5.91 Å². The van der Waals surface area contributed by atoms with Gasteiger partial charge in [-0.3, -0.25) is 15.0 Å². The molecule has 11 nitrogen and oxygen atoms in total. The minimum Gasteiger partial charge on any atom is -0.444 e. The molecule has 2 aliphatic carbocycles. The van der Waals surface area contributed by atoms with Crippen LogP contribution in [0.3, 0.4) is 0 Å². The van der Waals surface area contributed by atoms with Gasteiger partial charge in [0.15, 0.2) is 0 Å². The van der Waals surface area contributed by atoms with Crippen LogP contribution < -0.4 is 26.6 Å². The molecule has 1 saturated carbocycles. The van der Waals surface area contributed by atoms with Crippen molar-refractivity contribution < 1.29 is 14.3 Å². The number of nitrogens with zero attached hydrogens (tertiary/aromatic N) is 4. The third kappa shape index (κ3) is 6.11. The van der Waals surface area contributed by atoms with Gasteiger partial charge in [-0.2, -0.15) is 5.26 Å². The minimum absolute atomic E-state index is 0.113. The number of amides is 2. The van der Waals surface area contributed by atoms with Crippen LogP contribution in [-0.4, -0.2) is 65.7 Å². The number of fused-ring (bicyclic) bond motifs is 3. The molecule has 2 bridgehead atoms. The molecular formula is C32H40N8O3. The lowest BCUT2D eigenvalue weighted by Crippen LogP contribution is -2.50. The summed E-state index contributed by atoms with van der Waals surface area (Å²) >= 11 is 0. The van der Waals surface area contributed by atoms with Crippen molar-refractivity contribution >= 4 is 40.6 Å². The number of primary amides is 1. The first-order valence-corrected chi connectivity index (χ1v) is 15.1. The molecule has 0 spiro atoms.